The van der Waals surface area contributed by atoms with Crippen molar-refractivity contribution in [2.24, 2.45) is 0 Å². The molecule has 106 valence electrons. The van der Waals surface area contributed by atoms with Gasteiger partial charge in [-0.25, -0.2) is 4.39 Å². The van der Waals surface area contributed by atoms with Gasteiger partial charge in [-0.05, 0) is 38.8 Å². The van der Waals surface area contributed by atoms with Gasteiger partial charge in [0, 0.05) is 0 Å². The van der Waals surface area contributed by atoms with Crippen LogP contribution in [0.1, 0.15) is 63.2 Å². The van der Waals surface area contributed by atoms with Crippen LogP contribution in [-0.4, -0.2) is 11.9 Å². The number of ketones is 1. The van der Waals surface area contributed by atoms with E-state index in [0.717, 1.165) is 12.8 Å². The largest absolute Gasteiger partial charge is 0.490 e. The summed E-state index contributed by atoms with van der Waals surface area (Å²) in [6.45, 7) is 5.49. The number of rotatable bonds is 8. The van der Waals surface area contributed by atoms with Crippen molar-refractivity contribution in [1.82, 2.24) is 0 Å². The molecular formula is C16H23FO2. The van der Waals surface area contributed by atoms with E-state index in [0.29, 0.717) is 5.75 Å². The first kappa shape index (κ1) is 15.7. The number of Topliss-reactive ketones (excluding diaryl/α,β-unsaturated/α-hetero) is 1. The van der Waals surface area contributed by atoms with E-state index in [2.05, 4.69) is 6.92 Å². The Morgan fingerprint density at radius 2 is 2.05 bits per heavy atom. The van der Waals surface area contributed by atoms with Gasteiger partial charge in [0.2, 0.25) is 0 Å². The number of hydrogen-bond donors (Lipinski definition) is 0. The van der Waals surface area contributed by atoms with Gasteiger partial charge in [-0.1, -0.05) is 32.3 Å². The van der Waals surface area contributed by atoms with Crippen LogP contribution in [0.2, 0.25) is 0 Å². The van der Waals surface area contributed by atoms with Crippen LogP contribution >= 0.6 is 0 Å². The average molecular weight is 266 g/mol. The molecule has 2 nitrogen and oxygen atoms in total. The Morgan fingerprint density at radius 1 is 1.32 bits per heavy atom. The van der Waals surface area contributed by atoms with Gasteiger partial charge >= 0.3 is 0 Å². The summed E-state index contributed by atoms with van der Waals surface area (Å²) < 4.78 is 19.3. The van der Waals surface area contributed by atoms with Crippen molar-refractivity contribution in [3.05, 3.63) is 29.6 Å². The monoisotopic (exact) mass is 266 g/mol. The number of unbranched alkanes of at least 4 members (excludes halogenated alkanes) is 3. The third-order valence-corrected chi connectivity index (χ3v) is 3.12. The highest BCUT2D eigenvalue weighted by Gasteiger charge is 2.15. The standard InChI is InChI=1S/C16H23FO2/c1-4-5-6-7-9-12(2)19-15-11-8-10-14(17)16(15)13(3)18/h8,10-12H,4-7,9H2,1-3H3. The number of hydrogen-bond acceptors (Lipinski definition) is 2. The molecule has 1 rings (SSSR count). The van der Waals surface area contributed by atoms with Crippen molar-refractivity contribution in [3.8, 4) is 5.75 Å². The molecule has 1 aromatic carbocycles. The summed E-state index contributed by atoms with van der Waals surface area (Å²) in [5.74, 6) is -0.454. The Balaban J connectivity index is 2.61. The first-order chi connectivity index (χ1) is 9.06. The molecule has 1 unspecified atom stereocenters. The number of halogens is 1. The molecule has 0 heterocycles. The van der Waals surface area contributed by atoms with Crippen LogP contribution in [0.15, 0.2) is 18.2 Å². The van der Waals surface area contributed by atoms with E-state index in [4.69, 9.17) is 4.74 Å². The van der Waals surface area contributed by atoms with Crippen LogP contribution in [-0.2, 0) is 0 Å². The minimum atomic E-state index is -0.511. The number of carbonyl (C=O) groups excluding carboxylic acids is 1. The highest BCUT2D eigenvalue weighted by molar-refractivity contribution is 5.97. The van der Waals surface area contributed by atoms with Crippen molar-refractivity contribution in [3.63, 3.8) is 0 Å². The Morgan fingerprint density at radius 3 is 2.68 bits per heavy atom. The Hall–Kier alpha value is -1.38. The third kappa shape index (κ3) is 5.01. The van der Waals surface area contributed by atoms with Crippen molar-refractivity contribution in [2.75, 3.05) is 0 Å². The second-order valence-electron chi connectivity index (χ2n) is 4.95. The summed E-state index contributed by atoms with van der Waals surface area (Å²) in [6.07, 6.45) is 5.64. The molecule has 0 aliphatic rings. The van der Waals surface area contributed by atoms with Gasteiger partial charge in [0.05, 0.1) is 11.7 Å². The van der Waals surface area contributed by atoms with E-state index in [1.807, 2.05) is 6.92 Å². The second-order valence-corrected chi connectivity index (χ2v) is 4.95. The van der Waals surface area contributed by atoms with E-state index >= 15 is 0 Å². The summed E-state index contributed by atoms with van der Waals surface area (Å²) in [7, 11) is 0. The van der Waals surface area contributed by atoms with Crippen molar-refractivity contribution < 1.29 is 13.9 Å². The molecule has 0 aromatic heterocycles. The summed E-state index contributed by atoms with van der Waals surface area (Å²) in [5.41, 5.74) is 0.0582. The molecule has 0 aliphatic carbocycles. The first-order valence-corrected chi connectivity index (χ1v) is 7.02. The van der Waals surface area contributed by atoms with Gasteiger partial charge < -0.3 is 4.74 Å². The third-order valence-electron chi connectivity index (χ3n) is 3.12. The highest BCUT2D eigenvalue weighted by Crippen LogP contribution is 2.24. The van der Waals surface area contributed by atoms with E-state index in [9.17, 15) is 9.18 Å². The van der Waals surface area contributed by atoms with Crippen LogP contribution in [0.4, 0.5) is 4.39 Å². The van der Waals surface area contributed by atoms with Crippen LogP contribution in [0.3, 0.4) is 0 Å². The molecule has 1 atom stereocenters. The fourth-order valence-corrected chi connectivity index (χ4v) is 2.08. The van der Waals surface area contributed by atoms with E-state index in [-0.39, 0.29) is 17.5 Å². The van der Waals surface area contributed by atoms with Crippen molar-refractivity contribution in [1.29, 1.82) is 0 Å². The fraction of sp³-hybridized carbons (Fsp3) is 0.562. The second kappa shape index (κ2) is 7.93. The van der Waals surface area contributed by atoms with Gasteiger partial charge in [0.1, 0.15) is 11.6 Å². The topological polar surface area (TPSA) is 26.3 Å². The average Bonchev–Trinajstić information content (AvgIpc) is 2.34. The lowest BCUT2D eigenvalue weighted by Crippen LogP contribution is -2.14. The normalized spacial score (nSPS) is 12.2. The maximum absolute atomic E-state index is 13.6. The molecule has 0 N–H and O–H groups in total. The van der Waals surface area contributed by atoms with Crippen LogP contribution < -0.4 is 4.74 Å². The minimum absolute atomic E-state index is 0.00300. The maximum Gasteiger partial charge on any atom is 0.166 e. The molecular weight excluding hydrogens is 243 g/mol. The van der Waals surface area contributed by atoms with Gasteiger partial charge in [-0.3, -0.25) is 4.79 Å². The SMILES string of the molecule is CCCCCCC(C)Oc1cccc(F)c1C(C)=O. The van der Waals surface area contributed by atoms with Crippen LogP contribution in [0.25, 0.3) is 0 Å². The molecule has 0 spiro atoms. The van der Waals surface area contributed by atoms with E-state index in [1.54, 1.807) is 12.1 Å². The van der Waals surface area contributed by atoms with Gasteiger partial charge in [-0.15, -0.1) is 0 Å². The van der Waals surface area contributed by atoms with Gasteiger partial charge in [0.25, 0.3) is 0 Å². The fourth-order valence-electron chi connectivity index (χ4n) is 2.08. The number of benzene rings is 1. The molecule has 19 heavy (non-hydrogen) atoms. The first-order valence-electron chi connectivity index (χ1n) is 7.02. The zero-order valence-electron chi connectivity index (χ0n) is 12.0. The lowest BCUT2D eigenvalue weighted by atomic mass is 10.1. The lowest BCUT2D eigenvalue weighted by Gasteiger charge is -2.17. The van der Waals surface area contributed by atoms with E-state index in [1.165, 1.54) is 32.3 Å². The molecule has 0 saturated carbocycles. The summed E-state index contributed by atoms with van der Waals surface area (Å²) in [4.78, 5) is 11.4. The molecule has 3 heteroatoms. The molecule has 0 saturated heterocycles. The highest BCUT2D eigenvalue weighted by atomic mass is 19.1. The molecule has 0 aliphatic heterocycles. The van der Waals surface area contributed by atoms with Gasteiger partial charge in [0.15, 0.2) is 5.78 Å². The maximum atomic E-state index is 13.6. The molecule has 1 aromatic rings. The Kier molecular flexibility index (Phi) is 6.54. The molecule has 0 radical (unpaired) electrons. The van der Waals surface area contributed by atoms with Crippen LogP contribution in [0.5, 0.6) is 5.75 Å². The van der Waals surface area contributed by atoms with E-state index < -0.39 is 5.82 Å². The quantitative estimate of drug-likeness (QED) is 0.500. The zero-order chi connectivity index (χ0) is 14.3. The van der Waals surface area contributed by atoms with Crippen molar-refractivity contribution in [2.45, 2.75) is 59.0 Å². The molecule has 0 fully saturated rings. The summed E-state index contributed by atoms with van der Waals surface area (Å²) in [5, 5.41) is 0. The zero-order valence-corrected chi connectivity index (χ0v) is 12.0. The summed E-state index contributed by atoms with van der Waals surface area (Å²) >= 11 is 0. The number of carbonyl (C=O) groups is 1. The predicted octanol–water partition coefficient (Wildman–Crippen LogP) is 4.77. The summed E-state index contributed by atoms with van der Waals surface area (Å²) in [6, 6.07) is 4.51. The Bertz CT molecular complexity index is 415. The van der Waals surface area contributed by atoms with Gasteiger partial charge in [-0.2, -0.15) is 0 Å². The Labute approximate surface area is 115 Å². The lowest BCUT2D eigenvalue weighted by molar-refractivity contribution is 0.100. The predicted molar refractivity (Wildman–Crippen MR) is 75.3 cm³/mol. The number of ether oxygens (including phenoxy) is 1. The smallest absolute Gasteiger partial charge is 0.166 e. The van der Waals surface area contributed by atoms with Crippen molar-refractivity contribution >= 4 is 5.78 Å². The van der Waals surface area contributed by atoms with Crippen LogP contribution in [0, 0.1) is 5.82 Å². The molecule has 0 bridgehead atoms. The molecule has 0 amide bonds. The minimum Gasteiger partial charge on any atom is -0.490 e.